The topological polar surface area (TPSA) is 14.2 Å². The lowest BCUT2D eigenvalue weighted by molar-refractivity contribution is 0.0869. The highest BCUT2D eigenvalue weighted by Gasteiger charge is 2.19. The van der Waals surface area contributed by atoms with Crippen LogP contribution in [-0.2, 0) is 11.5 Å². The van der Waals surface area contributed by atoms with Crippen LogP contribution in [-0.4, -0.2) is 24.6 Å². The first-order chi connectivity index (χ1) is 9.47. The Morgan fingerprint density at radius 2 is 2.20 bits per heavy atom. The van der Waals surface area contributed by atoms with Crippen LogP contribution in [0.3, 0.4) is 0 Å². The van der Waals surface area contributed by atoms with E-state index in [-0.39, 0.29) is 5.38 Å². The Hall–Kier alpha value is -0.513. The molecule has 112 valence electrons. The van der Waals surface area contributed by atoms with Gasteiger partial charge in [-0.2, -0.15) is 0 Å². The quantitative estimate of drug-likeness (QED) is 0.411. The monoisotopic (exact) mass is 311 g/mol. The van der Waals surface area contributed by atoms with Crippen LogP contribution >= 0.6 is 11.6 Å². The molecule has 1 aromatic heterocycles. The summed E-state index contributed by atoms with van der Waals surface area (Å²) in [7, 11) is -1.00. The van der Waals surface area contributed by atoms with Gasteiger partial charge in [0.05, 0.1) is 5.38 Å². The molecule has 1 atom stereocenters. The van der Waals surface area contributed by atoms with Crippen molar-refractivity contribution in [2.75, 3.05) is 6.61 Å². The molecule has 0 amide bonds. The number of allylic oxidation sites excluding steroid dienone is 2. The smallest absolute Gasteiger partial charge is 0.122 e. The molecule has 1 unspecified atom stereocenters. The molecular formula is C16H26ClNOSi. The van der Waals surface area contributed by atoms with Crippen molar-refractivity contribution in [1.29, 1.82) is 0 Å². The van der Waals surface area contributed by atoms with Gasteiger partial charge in [0.2, 0.25) is 0 Å². The van der Waals surface area contributed by atoms with E-state index in [1.807, 2.05) is 0 Å². The maximum absolute atomic E-state index is 6.45. The summed E-state index contributed by atoms with van der Waals surface area (Å²) >= 11 is 6.45. The lowest BCUT2D eigenvalue weighted by Crippen LogP contribution is -2.22. The molecule has 0 aromatic carbocycles. The van der Waals surface area contributed by atoms with Crippen LogP contribution in [0.4, 0.5) is 0 Å². The second-order valence-corrected chi connectivity index (χ2v) is 12.9. The third-order valence-electron chi connectivity index (χ3n) is 3.72. The summed E-state index contributed by atoms with van der Waals surface area (Å²) in [6.07, 6.45) is 7.79. The molecule has 0 N–H and O–H groups in total. The average Bonchev–Trinajstić information content (AvgIpc) is 2.82. The summed E-state index contributed by atoms with van der Waals surface area (Å²) in [5.74, 6) is 0. The number of alkyl halides is 1. The van der Waals surface area contributed by atoms with E-state index < -0.39 is 8.07 Å². The molecule has 0 bridgehead atoms. The van der Waals surface area contributed by atoms with Gasteiger partial charge in [0.1, 0.15) is 6.73 Å². The second kappa shape index (κ2) is 6.97. The highest BCUT2D eigenvalue weighted by atomic mass is 35.5. The van der Waals surface area contributed by atoms with Crippen molar-refractivity contribution in [2.24, 2.45) is 0 Å². The van der Waals surface area contributed by atoms with Gasteiger partial charge in [-0.3, -0.25) is 0 Å². The fourth-order valence-electron chi connectivity index (χ4n) is 2.43. The molecule has 0 saturated carbocycles. The largest absolute Gasteiger partial charge is 0.361 e. The molecule has 2 nitrogen and oxygen atoms in total. The van der Waals surface area contributed by atoms with Crippen molar-refractivity contribution in [2.45, 2.75) is 57.1 Å². The highest BCUT2D eigenvalue weighted by Crippen LogP contribution is 2.31. The second-order valence-electron chi connectivity index (χ2n) is 6.77. The van der Waals surface area contributed by atoms with Gasteiger partial charge >= 0.3 is 0 Å². The molecule has 0 aliphatic heterocycles. The van der Waals surface area contributed by atoms with Crippen molar-refractivity contribution in [3.8, 4) is 0 Å². The zero-order valence-electron chi connectivity index (χ0n) is 12.9. The van der Waals surface area contributed by atoms with E-state index in [0.29, 0.717) is 6.73 Å². The van der Waals surface area contributed by atoms with E-state index in [9.17, 15) is 0 Å². The Bertz CT molecular complexity index is 461. The van der Waals surface area contributed by atoms with Gasteiger partial charge in [0, 0.05) is 26.6 Å². The zero-order valence-corrected chi connectivity index (χ0v) is 14.6. The van der Waals surface area contributed by atoms with Gasteiger partial charge in [-0.25, -0.2) is 0 Å². The zero-order chi connectivity index (χ0) is 14.6. The Morgan fingerprint density at radius 1 is 1.40 bits per heavy atom. The van der Waals surface area contributed by atoms with Gasteiger partial charge in [-0.1, -0.05) is 25.7 Å². The molecule has 2 rings (SSSR count). The van der Waals surface area contributed by atoms with E-state index >= 15 is 0 Å². The molecule has 20 heavy (non-hydrogen) atoms. The van der Waals surface area contributed by atoms with E-state index in [4.69, 9.17) is 16.3 Å². The van der Waals surface area contributed by atoms with Crippen LogP contribution in [0, 0.1) is 0 Å². The molecule has 1 aliphatic rings. The van der Waals surface area contributed by atoms with Crippen molar-refractivity contribution in [3.05, 3.63) is 30.1 Å². The fraction of sp³-hybridized carbons (Fsp3) is 0.625. The van der Waals surface area contributed by atoms with E-state index in [1.165, 1.54) is 23.7 Å². The summed E-state index contributed by atoms with van der Waals surface area (Å²) in [6.45, 7) is 8.62. The van der Waals surface area contributed by atoms with Crippen molar-refractivity contribution in [3.63, 3.8) is 0 Å². The summed E-state index contributed by atoms with van der Waals surface area (Å²) in [5.41, 5.74) is 2.49. The van der Waals surface area contributed by atoms with Gasteiger partial charge < -0.3 is 9.30 Å². The molecule has 0 radical (unpaired) electrons. The molecule has 0 fully saturated rings. The predicted octanol–water partition coefficient (Wildman–Crippen LogP) is 4.98. The number of hydrogen-bond donors (Lipinski definition) is 0. The molecule has 0 spiro atoms. The molecule has 0 saturated heterocycles. The van der Waals surface area contributed by atoms with Crippen molar-refractivity contribution < 1.29 is 4.74 Å². The lowest BCUT2D eigenvalue weighted by Gasteiger charge is -2.21. The standard InChI is InChI=1S/C16H26ClNOSi/c1-20(2,3)12-11-19-13-18-10-6-9-16(18)14-7-4-5-8-15(14)17/h6-7,9-10,15H,4-5,8,11-13H2,1-3H3. The minimum atomic E-state index is -1.00. The Kier molecular flexibility index (Phi) is 5.53. The average molecular weight is 312 g/mol. The van der Waals surface area contributed by atoms with Gasteiger partial charge in [0.15, 0.2) is 0 Å². The van der Waals surface area contributed by atoms with Gasteiger partial charge in [-0.05, 0) is 43.0 Å². The lowest BCUT2D eigenvalue weighted by atomic mass is 9.96. The maximum atomic E-state index is 6.45. The first kappa shape index (κ1) is 15.9. The van der Waals surface area contributed by atoms with Gasteiger partial charge in [-0.15, -0.1) is 11.6 Å². The summed E-state index contributed by atoms with van der Waals surface area (Å²) in [6, 6.07) is 5.44. The highest BCUT2D eigenvalue weighted by molar-refractivity contribution is 6.76. The number of aromatic nitrogens is 1. The van der Waals surface area contributed by atoms with E-state index in [0.717, 1.165) is 19.4 Å². The summed E-state index contributed by atoms with van der Waals surface area (Å²) in [5, 5.41) is 0.152. The van der Waals surface area contributed by atoms with Crippen LogP contribution < -0.4 is 0 Å². The number of ether oxygens (including phenoxy) is 1. The number of rotatable bonds is 6. The minimum absolute atomic E-state index is 0.152. The van der Waals surface area contributed by atoms with Crippen LogP contribution in [0.2, 0.25) is 25.7 Å². The minimum Gasteiger partial charge on any atom is -0.361 e. The van der Waals surface area contributed by atoms with Crippen LogP contribution in [0.25, 0.3) is 5.57 Å². The van der Waals surface area contributed by atoms with Crippen LogP contribution in [0.15, 0.2) is 24.4 Å². The molecule has 1 aliphatic carbocycles. The predicted molar refractivity (Wildman–Crippen MR) is 90.0 cm³/mol. The van der Waals surface area contributed by atoms with Crippen molar-refractivity contribution >= 4 is 25.2 Å². The Balaban J connectivity index is 1.94. The molecule has 1 aromatic rings. The number of nitrogens with zero attached hydrogens (tertiary/aromatic N) is 1. The Morgan fingerprint density at radius 3 is 2.90 bits per heavy atom. The first-order valence-electron chi connectivity index (χ1n) is 7.55. The number of hydrogen-bond acceptors (Lipinski definition) is 1. The van der Waals surface area contributed by atoms with Crippen LogP contribution in [0.5, 0.6) is 0 Å². The SMILES string of the molecule is C[Si](C)(C)CCOCn1cccc1C1=CCCCC1Cl. The maximum Gasteiger partial charge on any atom is 0.122 e. The molecular weight excluding hydrogens is 286 g/mol. The Labute approximate surface area is 128 Å². The van der Waals surface area contributed by atoms with Crippen molar-refractivity contribution in [1.82, 2.24) is 4.57 Å². The van der Waals surface area contributed by atoms with E-state index in [1.54, 1.807) is 0 Å². The third-order valence-corrected chi connectivity index (χ3v) is 5.87. The fourth-order valence-corrected chi connectivity index (χ4v) is 3.54. The number of halogens is 1. The third kappa shape index (κ3) is 4.50. The van der Waals surface area contributed by atoms with Gasteiger partial charge in [0.25, 0.3) is 0 Å². The van der Waals surface area contributed by atoms with E-state index in [2.05, 4.69) is 48.6 Å². The molecule has 4 heteroatoms. The normalized spacial score (nSPS) is 20.0. The van der Waals surface area contributed by atoms with Crippen LogP contribution in [0.1, 0.15) is 25.0 Å². The molecule has 1 heterocycles. The summed E-state index contributed by atoms with van der Waals surface area (Å²) < 4.78 is 8.03. The summed E-state index contributed by atoms with van der Waals surface area (Å²) in [4.78, 5) is 0. The first-order valence-corrected chi connectivity index (χ1v) is 11.7.